The zero-order valence-corrected chi connectivity index (χ0v) is 28.5. The second kappa shape index (κ2) is 14.1. The van der Waals surface area contributed by atoms with E-state index < -0.39 is 31.4 Å². The van der Waals surface area contributed by atoms with Crippen molar-refractivity contribution >= 4 is 77.5 Å². The van der Waals surface area contributed by atoms with Gasteiger partial charge in [-0.05, 0) is 81.8 Å². The molecule has 0 saturated heterocycles. The van der Waals surface area contributed by atoms with Gasteiger partial charge >= 0.3 is 6.09 Å². The molecule has 0 saturated carbocycles. The summed E-state index contributed by atoms with van der Waals surface area (Å²) >= 11 is 2.42. The number of nitrogens with one attached hydrogen (secondary N) is 2. The van der Waals surface area contributed by atoms with Crippen LogP contribution in [0.15, 0.2) is 61.5 Å². The third kappa shape index (κ3) is 9.81. The fraction of sp³-hybridized carbons (Fsp3) is 0.345. The molecule has 0 spiro atoms. The van der Waals surface area contributed by atoms with Crippen molar-refractivity contribution in [1.82, 2.24) is 5.32 Å². The van der Waals surface area contributed by atoms with Gasteiger partial charge in [0.25, 0.3) is 0 Å². The van der Waals surface area contributed by atoms with Gasteiger partial charge in [-0.3, -0.25) is 10.1 Å². The van der Waals surface area contributed by atoms with E-state index in [-0.39, 0.29) is 34.3 Å². The van der Waals surface area contributed by atoms with Crippen molar-refractivity contribution in [1.29, 1.82) is 0 Å². The number of anilines is 2. The molecule has 0 unspecified atom stereocenters. The lowest BCUT2D eigenvalue weighted by Gasteiger charge is -2.18. The standard InChI is InChI=1S/C29H36N4O7S4/c1-18-13-20(30)15-22(33-24(34)11-8-12-43(6,36)37)26(18)19-9-7-10-21(14-19)44(38,39)23-16-25(42-27(23)41-5)31-17-32-28(35)40-29(2,3)4/h7,9-10,13-17H,8,11-12,30H2,1-6H3,(H,33,34)(H,31,32,35). The summed E-state index contributed by atoms with van der Waals surface area (Å²) in [5, 5.41) is 5.59. The zero-order valence-electron chi connectivity index (χ0n) is 25.3. The fourth-order valence-corrected chi connectivity index (χ4v) is 8.68. The van der Waals surface area contributed by atoms with Crippen LogP contribution in [0.5, 0.6) is 0 Å². The molecule has 2 amide bonds. The summed E-state index contributed by atoms with van der Waals surface area (Å²) in [6.07, 6.45) is 3.49. The van der Waals surface area contributed by atoms with E-state index in [0.29, 0.717) is 37.3 Å². The third-order valence-corrected chi connectivity index (χ3v) is 11.1. The number of aliphatic imine (C=N–C) groups is 1. The van der Waals surface area contributed by atoms with Crippen molar-refractivity contribution in [3.63, 3.8) is 0 Å². The highest BCUT2D eigenvalue weighted by Crippen LogP contribution is 2.42. The molecule has 0 bridgehead atoms. The Bertz CT molecular complexity index is 1790. The average molecular weight is 681 g/mol. The zero-order chi connectivity index (χ0) is 32.9. The van der Waals surface area contributed by atoms with Crippen LogP contribution in [0.2, 0.25) is 0 Å². The highest BCUT2D eigenvalue weighted by atomic mass is 32.2. The molecule has 0 aliphatic carbocycles. The number of hydrogen-bond donors (Lipinski definition) is 3. The molecule has 0 aliphatic heterocycles. The van der Waals surface area contributed by atoms with Crippen molar-refractivity contribution < 1.29 is 31.2 Å². The maximum atomic E-state index is 13.9. The summed E-state index contributed by atoms with van der Waals surface area (Å²) in [5.41, 5.74) is 7.99. The first-order chi connectivity index (χ1) is 20.4. The topological polar surface area (TPSA) is 174 Å². The number of sulfone groups is 2. The normalized spacial score (nSPS) is 12.3. The van der Waals surface area contributed by atoms with Crippen LogP contribution in [-0.2, 0) is 29.2 Å². The smallest absolute Gasteiger partial charge is 0.412 e. The van der Waals surface area contributed by atoms with Gasteiger partial charge < -0.3 is 15.8 Å². The highest BCUT2D eigenvalue weighted by molar-refractivity contribution is 8.01. The molecule has 0 radical (unpaired) electrons. The van der Waals surface area contributed by atoms with Gasteiger partial charge in [-0.1, -0.05) is 12.1 Å². The molecule has 2 aromatic carbocycles. The van der Waals surface area contributed by atoms with Gasteiger partial charge in [0.2, 0.25) is 15.7 Å². The Morgan fingerprint density at radius 1 is 1.11 bits per heavy atom. The van der Waals surface area contributed by atoms with Gasteiger partial charge in [0, 0.05) is 23.9 Å². The van der Waals surface area contributed by atoms with Gasteiger partial charge in [0.15, 0.2) is 0 Å². The van der Waals surface area contributed by atoms with Crippen LogP contribution in [0.1, 0.15) is 39.2 Å². The number of amides is 2. The summed E-state index contributed by atoms with van der Waals surface area (Å²) < 4.78 is 56.3. The van der Waals surface area contributed by atoms with Crippen molar-refractivity contribution in [3.8, 4) is 11.1 Å². The quantitative estimate of drug-likeness (QED) is 0.0977. The fourth-order valence-electron chi connectivity index (χ4n) is 4.15. The number of carbonyl (C=O) groups excluding carboxylic acids is 2. The molecule has 238 valence electrons. The predicted octanol–water partition coefficient (Wildman–Crippen LogP) is 5.81. The Morgan fingerprint density at radius 3 is 2.45 bits per heavy atom. The van der Waals surface area contributed by atoms with Gasteiger partial charge in [0.1, 0.15) is 20.4 Å². The van der Waals surface area contributed by atoms with E-state index in [1.807, 2.05) is 0 Å². The minimum Gasteiger partial charge on any atom is -0.444 e. The molecular weight excluding hydrogens is 645 g/mol. The third-order valence-electron chi connectivity index (χ3n) is 5.88. The molecule has 3 aromatic rings. The Hall–Kier alpha value is -3.40. The monoisotopic (exact) mass is 680 g/mol. The van der Waals surface area contributed by atoms with E-state index in [1.54, 1.807) is 58.2 Å². The molecule has 0 aliphatic rings. The van der Waals surface area contributed by atoms with Gasteiger partial charge in [0.05, 0.1) is 31.8 Å². The van der Waals surface area contributed by atoms with Crippen LogP contribution < -0.4 is 16.4 Å². The molecule has 11 nitrogen and oxygen atoms in total. The maximum absolute atomic E-state index is 13.9. The predicted molar refractivity (Wildman–Crippen MR) is 178 cm³/mol. The number of ether oxygens (including phenoxy) is 1. The van der Waals surface area contributed by atoms with Crippen LogP contribution in [0, 0.1) is 6.92 Å². The van der Waals surface area contributed by atoms with Crippen molar-refractivity contribution in [3.05, 3.63) is 48.0 Å². The van der Waals surface area contributed by atoms with Crippen LogP contribution in [0.3, 0.4) is 0 Å². The minimum atomic E-state index is -4.00. The van der Waals surface area contributed by atoms with Crippen LogP contribution >= 0.6 is 23.1 Å². The number of carbonyl (C=O) groups is 2. The largest absolute Gasteiger partial charge is 0.444 e. The second-order valence-corrected chi connectivity index (χ2v) is 17.2. The number of alkyl carbamates (subject to hydrolysis) is 1. The number of aryl methyl sites for hydroxylation is 1. The minimum absolute atomic E-state index is 0.0114. The Balaban J connectivity index is 1.93. The van der Waals surface area contributed by atoms with E-state index in [2.05, 4.69) is 15.6 Å². The highest BCUT2D eigenvalue weighted by Gasteiger charge is 2.25. The number of nitrogens with zero attached hydrogens (tertiary/aromatic N) is 1. The molecule has 1 aromatic heterocycles. The average Bonchev–Trinajstić information content (AvgIpc) is 3.31. The summed E-state index contributed by atoms with van der Waals surface area (Å²) in [4.78, 5) is 28.9. The van der Waals surface area contributed by atoms with E-state index in [9.17, 15) is 26.4 Å². The summed E-state index contributed by atoms with van der Waals surface area (Å²) in [6, 6.07) is 11.1. The number of benzene rings is 2. The lowest BCUT2D eigenvalue weighted by molar-refractivity contribution is -0.116. The Kier molecular flexibility index (Phi) is 11.3. The van der Waals surface area contributed by atoms with Gasteiger partial charge in [-0.2, -0.15) is 0 Å². The lowest BCUT2D eigenvalue weighted by atomic mass is 9.97. The molecule has 3 rings (SSSR count). The maximum Gasteiger partial charge on any atom is 0.412 e. The molecule has 4 N–H and O–H groups in total. The van der Waals surface area contributed by atoms with Gasteiger partial charge in [-0.25, -0.2) is 26.6 Å². The first-order valence-corrected chi connectivity index (χ1v) is 18.9. The Morgan fingerprint density at radius 2 is 1.82 bits per heavy atom. The molecule has 44 heavy (non-hydrogen) atoms. The van der Waals surface area contributed by atoms with E-state index in [4.69, 9.17) is 10.5 Å². The van der Waals surface area contributed by atoms with Crippen LogP contribution in [-0.4, -0.2) is 59.0 Å². The number of thiophene rings is 1. The van der Waals surface area contributed by atoms with Crippen LogP contribution in [0.4, 0.5) is 21.2 Å². The van der Waals surface area contributed by atoms with E-state index in [1.165, 1.54) is 30.0 Å². The van der Waals surface area contributed by atoms with Crippen molar-refractivity contribution in [2.24, 2.45) is 4.99 Å². The molecule has 15 heteroatoms. The SMILES string of the molecule is CSc1sc(N=CNC(=O)OC(C)(C)C)cc1S(=O)(=O)c1cccc(-c2c(C)cc(N)cc2NC(=O)CCCS(C)(=O)=O)c1. The molecule has 1 heterocycles. The lowest BCUT2D eigenvalue weighted by Crippen LogP contribution is -2.31. The number of nitrogen functional groups attached to an aromatic ring is 1. The number of rotatable bonds is 11. The number of hydrogen-bond acceptors (Lipinski definition) is 11. The van der Waals surface area contributed by atoms with Crippen LogP contribution in [0.25, 0.3) is 11.1 Å². The Labute approximate surface area is 266 Å². The summed E-state index contributed by atoms with van der Waals surface area (Å²) in [7, 11) is -7.21. The van der Waals surface area contributed by atoms with Gasteiger partial charge in [-0.15, -0.1) is 23.1 Å². The van der Waals surface area contributed by atoms with E-state index >= 15 is 0 Å². The van der Waals surface area contributed by atoms with Crippen molar-refractivity contribution in [2.45, 2.75) is 60.1 Å². The van der Waals surface area contributed by atoms with Crippen molar-refractivity contribution in [2.75, 3.05) is 29.3 Å². The first kappa shape index (κ1) is 35.1. The first-order valence-electron chi connectivity index (χ1n) is 13.3. The summed E-state index contributed by atoms with van der Waals surface area (Å²) in [6.45, 7) is 6.99. The summed E-state index contributed by atoms with van der Waals surface area (Å²) in [5.74, 6) is -0.502. The molecule has 0 fully saturated rings. The number of thioether (sulfide) groups is 1. The second-order valence-electron chi connectivity index (χ2n) is 10.9. The molecule has 0 atom stereocenters. The van der Waals surface area contributed by atoms with E-state index in [0.717, 1.165) is 23.9 Å². The molecular formula is C29H36N4O7S4. The number of nitrogens with two attached hydrogens (primary N) is 1.